The normalized spacial score (nSPS) is 17.4. The third kappa shape index (κ3) is 3.03. The molecule has 0 unspecified atom stereocenters. The highest BCUT2D eigenvalue weighted by Gasteiger charge is 2.52. The Morgan fingerprint density at radius 1 is 0.607 bits per heavy atom. The Morgan fingerprint density at radius 3 is 1.64 bits per heavy atom. The molecule has 0 aliphatic heterocycles. The summed E-state index contributed by atoms with van der Waals surface area (Å²) in [6.45, 7) is 0. The highest BCUT2D eigenvalue weighted by atomic mass is 14.5. The quantitative estimate of drug-likeness (QED) is 0.450. The van der Waals surface area contributed by atoms with Crippen LogP contribution in [0, 0.1) is 5.41 Å². The summed E-state index contributed by atoms with van der Waals surface area (Å²) in [6, 6.07) is 32.7. The van der Waals surface area contributed by atoms with Gasteiger partial charge in [0.1, 0.15) is 0 Å². The van der Waals surface area contributed by atoms with Crippen molar-refractivity contribution in [2.45, 2.75) is 32.1 Å². The number of hydrogen-bond donors (Lipinski definition) is 0. The van der Waals surface area contributed by atoms with Crippen LogP contribution in [-0.4, -0.2) is 0 Å². The molecule has 0 radical (unpaired) electrons. The minimum atomic E-state index is 0.314. The zero-order valence-electron chi connectivity index (χ0n) is 16.3. The van der Waals surface area contributed by atoms with Crippen LogP contribution in [0.2, 0.25) is 0 Å². The van der Waals surface area contributed by atoms with Crippen molar-refractivity contribution in [2.24, 2.45) is 5.41 Å². The molecule has 0 aromatic heterocycles. The SMILES string of the molecule is C(=C(c1ccccc1)c1ccccc1)C1=C(c2ccccc2)C12CCCCC2. The molecule has 0 bridgehead atoms. The Kier molecular flexibility index (Phi) is 4.49. The molecule has 0 nitrogen and oxygen atoms in total. The van der Waals surface area contributed by atoms with Crippen molar-refractivity contribution in [3.63, 3.8) is 0 Å². The summed E-state index contributed by atoms with van der Waals surface area (Å²) in [5, 5.41) is 0. The standard InChI is InChI=1S/C28H26/c1-5-13-22(14-6-1)25(23-15-7-2-8-16-23)21-26-27(24-17-9-3-10-18-24)28(26)19-11-4-12-20-28/h1-3,5-10,13-18,21H,4,11-12,19-20H2. The highest BCUT2D eigenvalue weighted by Crippen LogP contribution is 2.66. The van der Waals surface area contributed by atoms with Crippen molar-refractivity contribution in [3.05, 3.63) is 119 Å². The van der Waals surface area contributed by atoms with Crippen LogP contribution in [0.1, 0.15) is 48.8 Å². The molecule has 28 heavy (non-hydrogen) atoms. The minimum absolute atomic E-state index is 0.314. The Hall–Kier alpha value is -2.86. The summed E-state index contributed by atoms with van der Waals surface area (Å²) in [7, 11) is 0. The number of allylic oxidation sites excluding steroid dienone is 3. The number of hydrogen-bond acceptors (Lipinski definition) is 0. The Balaban J connectivity index is 1.65. The van der Waals surface area contributed by atoms with E-state index in [0.29, 0.717) is 5.41 Å². The molecule has 2 aliphatic carbocycles. The van der Waals surface area contributed by atoms with E-state index in [1.54, 1.807) is 11.1 Å². The lowest BCUT2D eigenvalue weighted by atomic mass is 9.79. The second-order valence-electron chi connectivity index (χ2n) is 8.09. The maximum Gasteiger partial charge on any atom is 0.0215 e. The fourth-order valence-corrected chi connectivity index (χ4v) is 5.02. The van der Waals surface area contributed by atoms with Crippen LogP contribution in [0.4, 0.5) is 0 Å². The van der Waals surface area contributed by atoms with Crippen molar-refractivity contribution in [1.29, 1.82) is 0 Å². The largest absolute Gasteiger partial charge is 0.0622 e. The molecular weight excluding hydrogens is 336 g/mol. The number of rotatable bonds is 4. The monoisotopic (exact) mass is 362 g/mol. The third-order valence-corrected chi connectivity index (χ3v) is 6.43. The molecule has 1 saturated carbocycles. The second-order valence-corrected chi connectivity index (χ2v) is 8.09. The van der Waals surface area contributed by atoms with Gasteiger partial charge in [0.25, 0.3) is 0 Å². The first-order chi connectivity index (χ1) is 13.9. The van der Waals surface area contributed by atoms with E-state index in [2.05, 4.69) is 97.1 Å². The first-order valence-electron chi connectivity index (χ1n) is 10.5. The summed E-state index contributed by atoms with van der Waals surface area (Å²) in [4.78, 5) is 0. The topological polar surface area (TPSA) is 0 Å². The first-order valence-corrected chi connectivity index (χ1v) is 10.5. The molecule has 3 aromatic carbocycles. The molecule has 138 valence electrons. The Bertz CT molecular complexity index is 960. The van der Waals surface area contributed by atoms with E-state index in [0.717, 1.165) is 0 Å². The number of benzene rings is 3. The van der Waals surface area contributed by atoms with Gasteiger partial charge in [-0.25, -0.2) is 0 Å². The van der Waals surface area contributed by atoms with E-state index in [1.165, 1.54) is 54.4 Å². The molecule has 0 heterocycles. The van der Waals surface area contributed by atoms with Gasteiger partial charge >= 0.3 is 0 Å². The van der Waals surface area contributed by atoms with Crippen LogP contribution >= 0.6 is 0 Å². The lowest BCUT2D eigenvalue weighted by Crippen LogP contribution is -2.12. The van der Waals surface area contributed by atoms with Crippen molar-refractivity contribution in [2.75, 3.05) is 0 Å². The molecule has 0 atom stereocenters. The van der Waals surface area contributed by atoms with Gasteiger partial charge in [0.15, 0.2) is 0 Å². The third-order valence-electron chi connectivity index (χ3n) is 6.43. The van der Waals surface area contributed by atoms with Gasteiger partial charge in [-0.05, 0) is 52.3 Å². The molecule has 0 amide bonds. The summed E-state index contributed by atoms with van der Waals surface area (Å²) >= 11 is 0. The van der Waals surface area contributed by atoms with Gasteiger partial charge in [-0.15, -0.1) is 0 Å². The highest BCUT2D eigenvalue weighted by molar-refractivity contribution is 5.96. The summed E-state index contributed by atoms with van der Waals surface area (Å²) in [6.07, 6.45) is 9.18. The molecule has 0 saturated heterocycles. The van der Waals surface area contributed by atoms with Gasteiger partial charge in [-0.1, -0.05) is 110 Å². The smallest absolute Gasteiger partial charge is 0.0215 e. The maximum atomic E-state index is 2.50. The van der Waals surface area contributed by atoms with Crippen LogP contribution < -0.4 is 0 Å². The zero-order valence-corrected chi connectivity index (χ0v) is 16.3. The van der Waals surface area contributed by atoms with Gasteiger partial charge in [0, 0.05) is 5.41 Å². The van der Waals surface area contributed by atoms with Crippen molar-refractivity contribution in [3.8, 4) is 0 Å². The van der Waals surface area contributed by atoms with Gasteiger partial charge in [-0.2, -0.15) is 0 Å². The van der Waals surface area contributed by atoms with E-state index < -0.39 is 0 Å². The molecular formula is C28H26. The summed E-state index contributed by atoms with van der Waals surface area (Å²) in [5.41, 5.74) is 8.83. The lowest BCUT2D eigenvalue weighted by Gasteiger charge is -2.25. The van der Waals surface area contributed by atoms with Gasteiger partial charge in [0.2, 0.25) is 0 Å². The van der Waals surface area contributed by atoms with E-state index in [4.69, 9.17) is 0 Å². The predicted molar refractivity (Wildman–Crippen MR) is 119 cm³/mol. The van der Waals surface area contributed by atoms with Crippen molar-refractivity contribution >= 4 is 11.1 Å². The average molecular weight is 363 g/mol. The van der Waals surface area contributed by atoms with E-state index in [-0.39, 0.29) is 0 Å². The lowest BCUT2D eigenvalue weighted by molar-refractivity contribution is 0.371. The summed E-state index contributed by atoms with van der Waals surface area (Å²) in [5.74, 6) is 0. The Morgan fingerprint density at radius 2 is 1.11 bits per heavy atom. The van der Waals surface area contributed by atoms with Crippen LogP contribution in [0.5, 0.6) is 0 Å². The van der Waals surface area contributed by atoms with Crippen molar-refractivity contribution in [1.82, 2.24) is 0 Å². The maximum absolute atomic E-state index is 2.50. The van der Waals surface area contributed by atoms with Gasteiger partial charge in [-0.3, -0.25) is 0 Å². The fraction of sp³-hybridized carbons (Fsp3) is 0.214. The van der Waals surface area contributed by atoms with Crippen molar-refractivity contribution < 1.29 is 0 Å². The minimum Gasteiger partial charge on any atom is -0.0622 e. The van der Waals surface area contributed by atoms with Crippen LogP contribution in [0.25, 0.3) is 11.1 Å². The van der Waals surface area contributed by atoms with E-state index in [9.17, 15) is 0 Å². The molecule has 0 heteroatoms. The average Bonchev–Trinajstić information content (AvgIpc) is 3.38. The van der Waals surface area contributed by atoms with Crippen LogP contribution in [0.3, 0.4) is 0 Å². The first kappa shape index (κ1) is 17.3. The molecule has 0 N–H and O–H groups in total. The second kappa shape index (κ2) is 7.28. The summed E-state index contributed by atoms with van der Waals surface area (Å²) < 4.78 is 0. The van der Waals surface area contributed by atoms with E-state index >= 15 is 0 Å². The molecule has 2 aliphatic rings. The van der Waals surface area contributed by atoms with Gasteiger partial charge < -0.3 is 0 Å². The van der Waals surface area contributed by atoms with Crippen LogP contribution in [0.15, 0.2) is 103 Å². The zero-order chi connectivity index (χ0) is 18.8. The fourth-order valence-electron chi connectivity index (χ4n) is 5.02. The predicted octanol–water partition coefficient (Wildman–Crippen LogP) is 7.54. The molecule has 3 aromatic rings. The molecule has 1 fully saturated rings. The molecule has 1 spiro atoms. The Labute approximate surface area is 168 Å². The van der Waals surface area contributed by atoms with E-state index in [1.807, 2.05) is 0 Å². The van der Waals surface area contributed by atoms with Crippen LogP contribution in [-0.2, 0) is 0 Å². The molecule has 5 rings (SSSR count). The van der Waals surface area contributed by atoms with Gasteiger partial charge in [0.05, 0.1) is 0 Å².